The Bertz CT molecular complexity index is 972. The Hall–Kier alpha value is -1.77. The third-order valence-corrected chi connectivity index (χ3v) is 8.88. The maximum atomic E-state index is 11.2. The molecule has 0 aromatic rings. The first-order valence-electron chi connectivity index (χ1n) is 15.3. The van der Waals surface area contributed by atoms with Crippen LogP contribution in [0.2, 0.25) is 19.6 Å². The van der Waals surface area contributed by atoms with Crippen molar-refractivity contribution in [3.63, 3.8) is 0 Å². The van der Waals surface area contributed by atoms with Gasteiger partial charge in [0, 0.05) is 18.5 Å². The minimum atomic E-state index is -1.13. The van der Waals surface area contributed by atoms with E-state index in [0.717, 1.165) is 0 Å². The van der Waals surface area contributed by atoms with Crippen molar-refractivity contribution >= 4 is 31.7 Å². The smallest absolute Gasteiger partial charge is 0.614 e. The van der Waals surface area contributed by atoms with Gasteiger partial charge in [0.15, 0.2) is 8.24 Å². The molecule has 9 nitrogen and oxygen atoms in total. The molecule has 2 amide bonds. The SMILES string of the molecule is CC(C)=N[Si](C)(C)C.CC1(C)NC(=O)C1(C)C.CCOC(=O)C(C)C.CCOC([O-])=C(C)C.CN1C(=O)C(C)(C)C1(C)C.[Li+]. The Labute approximate surface area is 283 Å². The Balaban J connectivity index is -0.000000227. The van der Waals surface area contributed by atoms with Crippen LogP contribution in [0.3, 0.4) is 0 Å². The first-order valence-corrected chi connectivity index (χ1v) is 18.7. The molecule has 2 aliphatic rings. The summed E-state index contributed by atoms with van der Waals surface area (Å²) in [7, 11) is 0.722. The second-order valence-electron chi connectivity index (χ2n) is 14.6. The van der Waals surface area contributed by atoms with Gasteiger partial charge in [0.2, 0.25) is 11.8 Å². The van der Waals surface area contributed by atoms with Gasteiger partial charge < -0.3 is 29.5 Å². The number of rotatable bonds is 5. The van der Waals surface area contributed by atoms with Crippen LogP contribution in [0.15, 0.2) is 16.2 Å². The van der Waals surface area contributed by atoms with Crippen LogP contribution in [0.4, 0.5) is 0 Å². The predicted molar refractivity (Wildman–Crippen MR) is 180 cm³/mol. The van der Waals surface area contributed by atoms with E-state index in [1.165, 1.54) is 5.71 Å². The number of carbonyl (C=O) groups excluding carboxylic acids is 3. The van der Waals surface area contributed by atoms with Crippen molar-refractivity contribution in [3.05, 3.63) is 11.5 Å². The summed E-state index contributed by atoms with van der Waals surface area (Å²) >= 11 is 0. The van der Waals surface area contributed by atoms with Crippen LogP contribution >= 0.6 is 0 Å². The number of hydrogen-bond donors (Lipinski definition) is 1. The summed E-state index contributed by atoms with van der Waals surface area (Å²) in [5, 5.41) is 13.3. The van der Waals surface area contributed by atoms with Crippen LogP contribution in [0.1, 0.15) is 111 Å². The van der Waals surface area contributed by atoms with Crippen molar-refractivity contribution in [3.8, 4) is 0 Å². The van der Waals surface area contributed by atoms with Gasteiger partial charge in [-0.1, -0.05) is 26.3 Å². The standard InChI is InChI=1S/C8H15NO.C7H13NO.C6H15NSi.2C6H12O2.Li/c1-7(2)6(10)9(5)8(7,3)4;1-6(2)5(9)8-7(6,3)4;1-6(2)7-8(3,4)5;2*1-4-8-6(7)5(2)3;/h1-5H3;1-4H3,(H,8,9);1-5H3;7H,4H2,1-3H3;5H,4H2,1-3H3;/q;;;;;+1/p-1. The number of esters is 1. The molecule has 0 aliphatic carbocycles. The molecule has 2 heterocycles. The van der Waals surface area contributed by atoms with Crippen LogP contribution in [-0.4, -0.2) is 68.0 Å². The van der Waals surface area contributed by atoms with Crippen molar-refractivity contribution in [2.24, 2.45) is 21.4 Å². The van der Waals surface area contributed by atoms with Crippen molar-refractivity contribution in [2.45, 2.75) is 141 Å². The molecule has 1 N–H and O–H groups in total. The van der Waals surface area contributed by atoms with Gasteiger partial charge in [0.05, 0.1) is 28.9 Å². The molecule has 0 aromatic heterocycles. The van der Waals surface area contributed by atoms with Gasteiger partial charge in [-0.15, -0.1) is 0 Å². The van der Waals surface area contributed by atoms with E-state index >= 15 is 0 Å². The molecule has 0 aromatic carbocycles. The quantitative estimate of drug-likeness (QED) is 0.163. The van der Waals surface area contributed by atoms with E-state index in [4.69, 9.17) is 0 Å². The summed E-state index contributed by atoms with van der Waals surface area (Å²) in [5.41, 5.74) is 1.60. The molecule has 0 radical (unpaired) electrons. The summed E-state index contributed by atoms with van der Waals surface area (Å²) < 4.78 is 13.8. The monoisotopic (exact) mass is 635 g/mol. The molecule has 0 bridgehead atoms. The van der Waals surface area contributed by atoms with Crippen LogP contribution in [0, 0.1) is 16.7 Å². The Morgan fingerprint density at radius 1 is 0.886 bits per heavy atom. The third-order valence-electron chi connectivity index (χ3n) is 7.76. The fraction of sp³-hybridized carbons (Fsp3) is 0.818. The largest absolute Gasteiger partial charge is 1.00 e. The molecular formula is C33H66LiN3O6Si. The molecular weight excluding hydrogens is 569 g/mol. The number of ether oxygens (including phenoxy) is 2. The molecule has 254 valence electrons. The molecule has 2 aliphatic heterocycles. The van der Waals surface area contributed by atoms with Crippen LogP contribution in [0.25, 0.3) is 0 Å². The normalized spacial score (nSPS) is 17.5. The summed E-state index contributed by atoms with van der Waals surface area (Å²) in [6.45, 7) is 38.6. The van der Waals surface area contributed by atoms with E-state index in [9.17, 15) is 19.5 Å². The van der Waals surface area contributed by atoms with E-state index in [2.05, 4.69) is 66.8 Å². The van der Waals surface area contributed by atoms with Gasteiger partial charge in [0.25, 0.3) is 0 Å². The van der Waals surface area contributed by atoms with Crippen molar-refractivity contribution in [2.75, 3.05) is 20.3 Å². The third kappa shape index (κ3) is 16.0. The maximum Gasteiger partial charge on any atom is 1.00 e. The Morgan fingerprint density at radius 3 is 1.36 bits per heavy atom. The van der Waals surface area contributed by atoms with Crippen molar-refractivity contribution in [1.82, 2.24) is 10.2 Å². The number of hydrogen-bond acceptors (Lipinski definition) is 7. The zero-order chi connectivity index (χ0) is 35.4. The van der Waals surface area contributed by atoms with Gasteiger partial charge in [-0.05, 0) is 122 Å². The number of nitrogens with zero attached hydrogens (tertiary/aromatic N) is 2. The average molecular weight is 636 g/mol. The van der Waals surface area contributed by atoms with Gasteiger partial charge in [-0.3, -0.25) is 14.4 Å². The number of amides is 2. The minimum Gasteiger partial charge on any atom is -0.614 e. The van der Waals surface area contributed by atoms with Crippen molar-refractivity contribution < 1.29 is 47.8 Å². The molecule has 0 spiro atoms. The minimum absolute atomic E-state index is 0. The average Bonchev–Trinajstić information content (AvgIpc) is 2.83. The second kappa shape index (κ2) is 19.7. The van der Waals surface area contributed by atoms with Gasteiger partial charge in [-0.2, -0.15) is 0 Å². The zero-order valence-corrected chi connectivity index (χ0v) is 33.3. The molecule has 2 rings (SSSR count). The van der Waals surface area contributed by atoms with E-state index < -0.39 is 8.24 Å². The summed E-state index contributed by atoms with van der Waals surface area (Å²) in [4.78, 5) is 34.4. The van der Waals surface area contributed by atoms with Gasteiger partial charge >= 0.3 is 24.8 Å². The van der Waals surface area contributed by atoms with Crippen LogP contribution in [-0.2, 0) is 23.9 Å². The number of β-lactam (4-membered cyclic amide) rings is 2. The fourth-order valence-electron chi connectivity index (χ4n) is 3.37. The van der Waals surface area contributed by atoms with Crippen molar-refractivity contribution in [1.29, 1.82) is 0 Å². The molecule has 11 heteroatoms. The predicted octanol–water partition coefficient (Wildman–Crippen LogP) is 3.33. The fourth-order valence-corrected chi connectivity index (χ4v) is 4.72. The molecule has 0 saturated carbocycles. The molecule has 44 heavy (non-hydrogen) atoms. The van der Waals surface area contributed by atoms with Gasteiger partial charge in [0.1, 0.15) is 0 Å². The zero-order valence-electron chi connectivity index (χ0n) is 32.3. The van der Waals surface area contributed by atoms with Gasteiger partial charge in [-0.25, -0.2) is 0 Å². The topological polar surface area (TPSA) is 120 Å². The maximum absolute atomic E-state index is 11.2. The number of nitrogens with one attached hydrogen (secondary N) is 1. The van der Waals surface area contributed by atoms with E-state index in [-0.39, 0.29) is 70.4 Å². The molecule has 0 unspecified atom stereocenters. The molecule has 0 atom stereocenters. The first-order chi connectivity index (χ1) is 19.0. The number of allylic oxidation sites excluding steroid dienone is 1. The second-order valence-corrected chi connectivity index (χ2v) is 19.2. The number of carbonyl (C=O) groups is 3. The Morgan fingerprint density at radius 2 is 1.30 bits per heavy atom. The Kier molecular flexibility index (Phi) is 22.0. The van der Waals surface area contributed by atoms with Crippen LogP contribution in [0.5, 0.6) is 0 Å². The molecule has 2 saturated heterocycles. The van der Waals surface area contributed by atoms with E-state index in [1.807, 2.05) is 62.4 Å². The van der Waals surface area contributed by atoms with E-state index in [1.54, 1.807) is 32.6 Å². The summed E-state index contributed by atoms with van der Waals surface area (Å²) in [6, 6.07) is 0. The number of likely N-dealkylation sites (tertiary alicyclic amines) is 1. The summed E-state index contributed by atoms with van der Waals surface area (Å²) in [5.74, 6) is 0.0972. The first kappa shape index (κ1) is 49.1. The summed E-state index contributed by atoms with van der Waals surface area (Å²) in [6.07, 6.45) is 0. The molecule has 2 fully saturated rings. The van der Waals surface area contributed by atoms with E-state index in [0.29, 0.717) is 18.8 Å². The van der Waals surface area contributed by atoms with Crippen LogP contribution < -0.4 is 29.3 Å².